The van der Waals surface area contributed by atoms with Gasteiger partial charge >= 0.3 is 0 Å². The first-order valence-electron chi connectivity index (χ1n) is 9.09. The van der Waals surface area contributed by atoms with Gasteiger partial charge in [-0.05, 0) is 37.1 Å². The maximum absolute atomic E-state index is 12.5. The van der Waals surface area contributed by atoms with Gasteiger partial charge in [-0.2, -0.15) is 5.10 Å². The van der Waals surface area contributed by atoms with E-state index in [2.05, 4.69) is 31.0 Å². The fourth-order valence-corrected chi connectivity index (χ4v) is 3.27. The Kier molecular flexibility index (Phi) is 5.20. The van der Waals surface area contributed by atoms with E-state index in [1.165, 1.54) is 6.33 Å². The SMILES string of the molecule is O=C(NCc1ccccc1Cn1cncn1)c1cn(C2CCNCC2)nn1. The molecule has 1 aliphatic rings. The van der Waals surface area contributed by atoms with Gasteiger partial charge in [0.15, 0.2) is 5.69 Å². The van der Waals surface area contributed by atoms with Crippen LogP contribution >= 0.6 is 0 Å². The second-order valence-corrected chi connectivity index (χ2v) is 6.61. The van der Waals surface area contributed by atoms with Crippen molar-refractivity contribution in [1.82, 2.24) is 40.4 Å². The molecular weight excluding hydrogens is 344 g/mol. The normalized spacial score (nSPS) is 15.0. The molecular formula is C18H22N8O. The number of hydrogen-bond acceptors (Lipinski definition) is 6. The summed E-state index contributed by atoms with van der Waals surface area (Å²) in [6, 6.07) is 8.26. The molecule has 0 saturated carbocycles. The zero-order valence-corrected chi connectivity index (χ0v) is 15.0. The highest BCUT2D eigenvalue weighted by Gasteiger charge is 2.18. The van der Waals surface area contributed by atoms with Crippen LogP contribution in [0.5, 0.6) is 0 Å². The minimum atomic E-state index is -0.217. The summed E-state index contributed by atoms with van der Waals surface area (Å²) in [6.07, 6.45) is 6.93. The monoisotopic (exact) mass is 366 g/mol. The van der Waals surface area contributed by atoms with E-state index in [1.54, 1.807) is 17.2 Å². The van der Waals surface area contributed by atoms with Crippen molar-refractivity contribution in [2.24, 2.45) is 0 Å². The van der Waals surface area contributed by atoms with E-state index < -0.39 is 0 Å². The van der Waals surface area contributed by atoms with Crippen LogP contribution in [0.1, 0.15) is 40.5 Å². The minimum absolute atomic E-state index is 0.217. The molecule has 0 spiro atoms. The highest BCUT2D eigenvalue weighted by atomic mass is 16.2. The minimum Gasteiger partial charge on any atom is -0.347 e. The Morgan fingerprint density at radius 1 is 1.22 bits per heavy atom. The zero-order valence-electron chi connectivity index (χ0n) is 15.0. The molecule has 9 heteroatoms. The van der Waals surface area contributed by atoms with E-state index in [0.29, 0.717) is 24.8 Å². The maximum Gasteiger partial charge on any atom is 0.273 e. The molecule has 3 aromatic rings. The number of hydrogen-bond donors (Lipinski definition) is 2. The van der Waals surface area contributed by atoms with Crippen LogP contribution in [-0.2, 0) is 13.1 Å². The molecule has 0 bridgehead atoms. The number of carbonyl (C=O) groups is 1. The third-order valence-corrected chi connectivity index (χ3v) is 4.78. The van der Waals surface area contributed by atoms with Gasteiger partial charge < -0.3 is 10.6 Å². The topological polar surface area (TPSA) is 103 Å². The number of piperidine rings is 1. The van der Waals surface area contributed by atoms with Gasteiger partial charge in [0, 0.05) is 6.54 Å². The van der Waals surface area contributed by atoms with E-state index in [4.69, 9.17) is 0 Å². The van der Waals surface area contributed by atoms with Crippen molar-refractivity contribution in [2.45, 2.75) is 32.0 Å². The van der Waals surface area contributed by atoms with Gasteiger partial charge in [0.25, 0.3) is 5.91 Å². The highest BCUT2D eigenvalue weighted by Crippen LogP contribution is 2.17. The molecule has 1 saturated heterocycles. The number of nitrogens with one attached hydrogen (secondary N) is 2. The van der Waals surface area contributed by atoms with Crippen LogP contribution in [0.2, 0.25) is 0 Å². The quantitative estimate of drug-likeness (QED) is 0.668. The van der Waals surface area contributed by atoms with Crippen molar-refractivity contribution in [3.63, 3.8) is 0 Å². The summed E-state index contributed by atoms with van der Waals surface area (Å²) in [5.74, 6) is -0.217. The second kappa shape index (κ2) is 8.09. The molecule has 0 unspecified atom stereocenters. The number of rotatable bonds is 6. The van der Waals surface area contributed by atoms with Crippen molar-refractivity contribution in [1.29, 1.82) is 0 Å². The van der Waals surface area contributed by atoms with Crippen LogP contribution in [0.4, 0.5) is 0 Å². The van der Waals surface area contributed by atoms with E-state index >= 15 is 0 Å². The molecule has 27 heavy (non-hydrogen) atoms. The first kappa shape index (κ1) is 17.3. The number of nitrogens with zero attached hydrogens (tertiary/aromatic N) is 6. The highest BCUT2D eigenvalue weighted by molar-refractivity contribution is 5.91. The molecule has 1 aromatic carbocycles. The first-order chi connectivity index (χ1) is 13.3. The van der Waals surface area contributed by atoms with Crippen LogP contribution in [-0.4, -0.2) is 48.8 Å². The summed E-state index contributed by atoms with van der Waals surface area (Å²) in [5, 5.41) is 18.6. The third kappa shape index (κ3) is 4.20. The summed E-state index contributed by atoms with van der Waals surface area (Å²) in [7, 11) is 0. The smallest absolute Gasteiger partial charge is 0.273 e. The summed E-state index contributed by atoms with van der Waals surface area (Å²) < 4.78 is 3.57. The van der Waals surface area contributed by atoms with Gasteiger partial charge in [-0.25, -0.2) is 14.3 Å². The molecule has 0 radical (unpaired) electrons. The average molecular weight is 366 g/mol. The number of amides is 1. The molecule has 1 aliphatic heterocycles. The van der Waals surface area contributed by atoms with Gasteiger partial charge in [0.05, 0.1) is 18.8 Å². The Morgan fingerprint density at radius 3 is 2.81 bits per heavy atom. The van der Waals surface area contributed by atoms with Crippen molar-refractivity contribution >= 4 is 5.91 Å². The summed E-state index contributed by atoms with van der Waals surface area (Å²) in [4.78, 5) is 16.4. The predicted molar refractivity (Wildman–Crippen MR) is 97.9 cm³/mol. The summed E-state index contributed by atoms with van der Waals surface area (Å²) in [6.45, 7) is 2.96. The lowest BCUT2D eigenvalue weighted by molar-refractivity contribution is 0.0945. The van der Waals surface area contributed by atoms with Crippen LogP contribution in [0, 0.1) is 0 Å². The van der Waals surface area contributed by atoms with Crippen molar-refractivity contribution in [2.75, 3.05) is 13.1 Å². The van der Waals surface area contributed by atoms with E-state index in [9.17, 15) is 4.79 Å². The van der Waals surface area contributed by atoms with Crippen LogP contribution in [0.25, 0.3) is 0 Å². The molecule has 4 rings (SSSR count). The van der Waals surface area contributed by atoms with Crippen molar-refractivity contribution < 1.29 is 4.79 Å². The molecule has 2 aromatic heterocycles. The molecule has 0 atom stereocenters. The lowest BCUT2D eigenvalue weighted by Crippen LogP contribution is -2.29. The molecule has 2 N–H and O–H groups in total. The van der Waals surface area contributed by atoms with Gasteiger partial charge in [-0.1, -0.05) is 29.5 Å². The number of aromatic nitrogens is 6. The van der Waals surface area contributed by atoms with Gasteiger partial charge in [0.1, 0.15) is 12.7 Å². The lowest BCUT2D eigenvalue weighted by Gasteiger charge is -2.22. The molecule has 9 nitrogen and oxygen atoms in total. The second-order valence-electron chi connectivity index (χ2n) is 6.61. The zero-order chi connectivity index (χ0) is 18.5. The average Bonchev–Trinajstić information content (AvgIpc) is 3.40. The fraction of sp³-hybridized carbons (Fsp3) is 0.389. The Balaban J connectivity index is 1.39. The molecule has 1 fully saturated rings. The van der Waals surface area contributed by atoms with Crippen LogP contribution in [0.3, 0.4) is 0 Å². The maximum atomic E-state index is 12.5. The Labute approximate surface area is 156 Å². The Bertz CT molecular complexity index is 882. The summed E-state index contributed by atoms with van der Waals surface area (Å²) >= 11 is 0. The first-order valence-corrected chi connectivity index (χ1v) is 9.09. The van der Waals surface area contributed by atoms with Crippen LogP contribution in [0.15, 0.2) is 43.1 Å². The molecule has 3 heterocycles. The van der Waals surface area contributed by atoms with Crippen LogP contribution < -0.4 is 10.6 Å². The molecule has 1 amide bonds. The Morgan fingerprint density at radius 2 is 2.04 bits per heavy atom. The largest absolute Gasteiger partial charge is 0.347 e. The van der Waals surface area contributed by atoms with E-state index in [-0.39, 0.29) is 5.91 Å². The van der Waals surface area contributed by atoms with Gasteiger partial charge in [0.2, 0.25) is 0 Å². The predicted octanol–water partition coefficient (Wildman–Crippen LogP) is 0.772. The van der Waals surface area contributed by atoms with Crippen molar-refractivity contribution in [3.05, 3.63) is 59.9 Å². The van der Waals surface area contributed by atoms with Gasteiger partial charge in [-0.15, -0.1) is 5.10 Å². The number of benzene rings is 1. The number of carbonyl (C=O) groups excluding carboxylic acids is 1. The Hall–Kier alpha value is -3.07. The standard InChI is InChI=1S/C18H22N8O/c27-18(17-11-26(24-23-17)16-5-7-19-8-6-16)21-9-14-3-1-2-4-15(14)10-25-13-20-12-22-25/h1-4,11-13,16,19H,5-10H2,(H,21,27). The van der Waals surface area contributed by atoms with E-state index in [1.807, 2.05) is 28.9 Å². The van der Waals surface area contributed by atoms with E-state index in [0.717, 1.165) is 37.1 Å². The van der Waals surface area contributed by atoms with Crippen molar-refractivity contribution in [3.8, 4) is 0 Å². The molecule has 0 aliphatic carbocycles. The molecule has 140 valence electrons. The third-order valence-electron chi connectivity index (χ3n) is 4.78. The van der Waals surface area contributed by atoms with Gasteiger partial charge in [-0.3, -0.25) is 4.79 Å². The fourth-order valence-electron chi connectivity index (χ4n) is 3.27. The summed E-state index contributed by atoms with van der Waals surface area (Å²) in [5.41, 5.74) is 2.47. The lowest BCUT2D eigenvalue weighted by atomic mass is 10.1.